The lowest BCUT2D eigenvalue weighted by molar-refractivity contribution is -0.757. The molecule has 198 valence electrons. The first-order valence-electron chi connectivity index (χ1n) is 10.9. The first-order chi connectivity index (χ1) is 18.1. The Bertz CT molecular complexity index is 1400. The topological polar surface area (TPSA) is 148 Å². The van der Waals surface area contributed by atoms with E-state index in [0.717, 1.165) is 10.6 Å². The lowest BCUT2D eigenvalue weighted by atomic mass is 10.1. The van der Waals surface area contributed by atoms with Crippen LogP contribution in [0.15, 0.2) is 66.7 Å². The molecule has 1 amide bonds. The highest BCUT2D eigenvalue weighted by Crippen LogP contribution is 2.99. The van der Waals surface area contributed by atoms with Crippen molar-refractivity contribution in [2.45, 2.75) is 12.8 Å². The van der Waals surface area contributed by atoms with Gasteiger partial charge in [-0.05, 0) is 78.5 Å². The van der Waals surface area contributed by atoms with Gasteiger partial charge in [-0.15, -0.1) is 10.1 Å². The van der Waals surface area contributed by atoms with Crippen LogP contribution in [0, 0.1) is 10.1 Å². The average Bonchev–Trinajstić information content (AvgIpc) is 2.86. The monoisotopic (exact) mass is 610 g/mol. The molecule has 0 radical (unpaired) electrons. The van der Waals surface area contributed by atoms with Gasteiger partial charge in [0.05, 0.1) is 17.4 Å². The normalized spacial score (nSPS) is 18.2. The second-order valence-electron chi connectivity index (χ2n) is 7.76. The number of hydrogen-bond donors (Lipinski definition) is 3. The Morgan fingerprint density at radius 3 is 2.39 bits per heavy atom. The van der Waals surface area contributed by atoms with Gasteiger partial charge in [-0.2, -0.15) is 0 Å². The van der Waals surface area contributed by atoms with Crippen LogP contribution in [0.3, 0.4) is 0 Å². The molecule has 10 nitrogen and oxygen atoms in total. The number of aromatic hydroxyl groups is 2. The number of hydrogen-bond acceptors (Lipinski definition) is 11. The number of benzene rings is 3. The minimum absolute atomic E-state index is 0.0243. The summed E-state index contributed by atoms with van der Waals surface area (Å²) in [5.74, 6) is -1.04. The summed E-state index contributed by atoms with van der Waals surface area (Å²) in [6, 6.07) is 18.1. The fraction of sp³-hybridized carbons (Fsp3) is 0.130. The number of ether oxygens (including phenoxy) is 1. The number of carbonyl (C=O) groups is 2. The van der Waals surface area contributed by atoms with Crippen LogP contribution in [0.5, 0.6) is 17.2 Å². The van der Waals surface area contributed by atoms with Crippen LogP contribution in [0.1, 0.15) is 23.2 Å². The fourth-order valence-electron chi connectivity index (χ4n) is 3.20. The molecule has 0 saturated carbocycles. The number of amides is 1. The average molecular weight is 611 g/mol. The minimum atomic E-state index is -1.79. The maximum absolute atomic E-state index is 12.7. The number of rotatable bonds is 10. The third-order valence-corrected chi connectivity index (χ3v) is 30.1. The molecule has 1 aliphatic rings. The van der Waals surface area contributed by atoms with Crippen molar-refractivity contribution in [3.05, 3.63) is 82.4 Å². The lowest BCUT2D eigenvalue weighted by Gasteiger charge is -2.37. The molecule has 15 heteroatoms. The molecule has 3 N–H and O–H groups in total. The maximum Gasteiger partial charge on any atom is 0.347 e. The lowest BCUT2D eigenvalue weighted by Crippen LogP contribution is -2.14. The van der Waals surface area contributed by atoms with E-state index >= 15 is 0 Å². The van der Waals surface area contributed by atoms with Crippen LogP contribution in [0.4, 0.5) is 5.69 Å². The Labute approximate surface area is 231 Å². The van der Waals surface area contributed by atoms with Gasteiger partial charge >= 0.3 is 5.97 Å². The predicted octanol–water partition coefficient (Wildman–Crippen LogP) is 5.30. The van der Waals surface area contributed by atoms with E-state index in [9.17, 15) is 29.9 Å². The van der Waals surface area contributed by atoms with E-state index in [1.54, 1.807) is 46.3 Å². The van der Waals surface area contributed by atoms with E-state index in [1.807, 2.05) is 24.3 Å². The molecule has 1 aliphatic heterocycles. The summed E-state index contributed by atoms with van der Waals surface area (Å²) < 4.78 is 3.63. The van der Waals surface area contributed by atoms with Gasteiger partial charge in [0.15, 0.2) is 0 Å². The first-order valence-corrected chi connectivity index (χ1v) is 19.1. The van der Waals surface area contributed by atoms with Crippen molar-refractivity contribution in [3.8, 4) is 17.2 Å². The van der Waals surface area contributed by atoms with Gasteiger partial charge in [-0.1, -0.05) is 33.8 Å². The Balaban J connectivity index is 1.32. The summed E-state index contributed by atoms with van der Waals surface area (Å²) in [4.78, 5) is 39.0. The van der Waals surface area contributed by atoms with Crippen molar-refractivity contribution in [2.24, 2.45) is 0 Å². The van der Waals surface area contributed by atoms with Crippen molar-refractivity contribution < 1.29 is 34.5 Å². The van der Waals surface area contributed by atoms with Crippen LogP contribution in [-0.4, -0.2) is 33.8 Å². The summed E-state index contributed by atoms with van der Waals surface area (Å²) in [5, 5.41) is 33.6. The molecule has 1 fully saturated rings. The van der Waals surface area contributed by atoms with Crippen LogP contribution >= 0.6 is 32.8 Å². The summed E-state index contributed by atoms with van der Waals surface area (Å²) in [6.07, 6.45) is -0.446. The second kappa shape index (κ2) is 12.4. The van der Waals surface area contributed by atoms with Crippen molar-refractivity contribution in [2.75, 3.05) is 11.9 Å². The third-order valence-electron chi connectivity index (χ3n) is 5.03. The molecule has 0 bridgehead atoms. The van der Waals surface area contributed by atoms with Gasteiger partial charge in [0.1, 0.15) is 22.8 Å². The molecule has 0 aliphatic carbocycles. The highest BCUT2D eigenvalue weighted by Gasteiger charge is 2.40. The minimum Gasteiger partial charge on any atom is -0.508 e. The molecule has 3 aromatic carbocycles. The number of phenols is 2. The zero-order valence-corrected chi connectivity index (χ0v) is 23.6. The van der Waals surface area contributed by atoms with Crippen LogP contribution in [-0.2, 0) is 21.4 Å². The smallest absolute Gasteiger partial charge is 0.347 e. The fourth-order valence-corrected chi connectivity index (χ4v) is 29.1. The summed E-state index contributed by atoms with van der Waals surface area (Å²) in [7, 11) is 0. The molecular formula is C23H20N2O8P2S3. The molecular weight excluding hydrogens is 590 g/mol. The van der Waals surface area contributed by atoms with Crippen LogP contribution in [0.25, 0.3) is 0 Å². The van der Waals surface area contributed by atoms with E-state index in [0.29, 0.717) is 5.75 Å². The number of anilines is 1. The van der Waals surface area contributed by atoms with Gasteiger partial charge in [0, 0.05) is 17.4 Å². The summed E-state index contributed by atoms with van der Waals surface area (Å²) >= 11 is 9.42. The molecule has 0 atom stereocenters. The van der Waals surface area contributed by atoms with Gasteiger partial charge in [-0.3, -0.25) is 4.79 Å². The Kier molecular flexibility index (Phi) is 9.17. The highest BCUT2D eigenvalue weighted by atomic mass is 33.7. The molecule has 0 unspecified atom stereocenters. The van der Waals surface area contributed by atoms with Crippen molar-refractivity contribution in [3.63, 3.8) is 0 Å². The van der Waals surface area contributed by atoms with E-state index in [1.165, 1.54) is 18.2 Å². The largest absolute Gasteiger partial charge is 0.508 e. The van der Waals surface area contributed by atoms with Crippen molar-refractivity contribution >= 4 is 72.7 Å². The number of phenolic OH excluding ortho intramolecular Hbond substituents is 2. The molecule has 0 aromatic heterocycles. The van der Waals surface area contributed by atoms with Crippen molar-refractivity contribution in [1.29, 1.82) is 0 Å². The maximum atomic E-state index is 12.7. The van der Waals surface area contributed by atoms with E-state index in [4.69, 9.17) is 16.5 Å². The van der Waals surface area contributed by atoms with Crippen LogP contribution in [0.2, 0.25) is 0 Å². The number of nitrogens with zero attached hydrogens (tertiary/aromatic N) is 1. The molecule has 38 heavy (non-hydrogen) atoms. The molecule has 4 rings (SSSR count). The van der Waals surface area contributed by atoms with Gasteiger partial charge in [0.2, 0.25) is 5.91 Å². The van der Waals surface area contributed by atoms with Crippen molar-refractivity contribution in [1.82, 2.24) is 0 Å². The standard InChI is InChI=1S/C23H20N2O8P2S3/c26-16-4-10-19(11-5-16)35(36)37-34(38-35)18-8-6-17(7-9-18)33-23(29)20-14-15(3-12-21(20)27)24-22(28)2-1-13-32-25(30)31/h3-12,14,26-27H,1-2,13H2,(H,24,28). The second-order valence-corrected chi connectivity index (χ2v) is 24.4. The summed E-state index contributed by atoms with van der Waals surface area (Å²) in [5.41, 5.74) is 0.129. The third kappa shape index (κ3) is 7.18. The SMILES string of the molecule is O=C(CCCO[N+](=O)[O-])Nc1ccc(O)c(C(=O)Oc2ccc(P3SP(=S)(c4ccc(O)cc4)S3)cc2)c1. The summed E-state index contributed by atoms with van der Waals surface area (Å²) in [6.45, 7) is -0.209. The Morgan fingerprint density at radius 2 is 1.74 bits per heavy atom. The van der Waals surface area contributed by atoms with Crippen LogP contribution < -0.4 is 20.7 Å². The van der Waals surface area contributed by atoms with E-state index in [2.05, 4.69) is 10.2 Å². The van der Waals surface area contributed by atoms with Gasteiger partial charge in [-0.25, -0.2) is 4.79 Å². The van der Waals surface area contributed by atoms with Gasteiger partial charge in [0.25, 0.3) is 5.09 Å². The quantitative estimate of drug-likeness (QED) is 0.0523. The molecule has 0 spiro atoms. The van der Waals surface area contributed by atoms with E-state index < -0.39 is 27.7 Å². The van der Waals surface area contributed by atoms with Gasteiger partial charge < -0.3 is 25.1 Å². The Hall–Kier alpha value is -2.82. The molecule has 3 aromatic rings. The zero-order chi connectivity index (χ0) is 27.3. The molecule has 1 heterocycles. The predicted molar refractivity (Wildman–Crippen MR) is 154 cm³/mol. The van der Waals surface area contributed by atoms with E-state index in [-0.39, 0.29) is 42.2 Å². The Morgan fingerprint density at radius 1 is 1.05 bits per heavy atom. The zero-order valence-electron chi connectivity index (χ0n) is 19.4. The number of nitrogens with one attached hydrogen (secondary N) is 1. The molecule has 1 saturated heterocycles. The number of esters is 1. The number of carbonyl (C=O) groups excluding carboxylic acids is 2. The highest BCUT2D eigenvalue weighted by molar-refractivity contribution is 9.43. The first kappa shape index (κ1) is 28.2.